The van der Waals surface area contributed by atoms with E-state index < -0.39 is 0 Å². The zero-order chi connectivity index (χ0) is 10.7. The molecule has 0 aromatic heterocycles. The molecule has 0 amide bonds. The summed E-state index contributed by atoms with van der Waals surface area (Å²) in [7, 11) is 1.66. The highest BCUT2D eigenvalue weighted by Gasteiger charge is 2.25. The first-order valence-corrected chi connectivity index (χ1v) is 6.01. The number of thioether (sulfide) groups is 1. The van der Waals surface area contributed by atoms with Gasteiger partial charge in [0, 0.05) is 11.3 Å². The average Bonchev–Trinajstić information content (AvgIpc) is 2.65. The maximum absolute atomic E-state index is 11.5. The van der Waals surface area contributed by atoms with Gasteiger partial charge in [-0.3, -0.25) is 4.79 Å². The number of methoxy groups -OCH3 is 1. The number of rotatable bonds is 3. The molecule has 2 nitrogen and oxygen atoms in total. The summed E-state index contributed by atoms with van der Waals surface area (Å²) in [5, 5.41) is 0.164. The Labute approximate surface area is 94.0 Å². The highest BCUT2D eigenvalue weighted by molar-refractivity contribution is 8.00. The van der Waals surface area contributed by atoms with Gasteiger partial charge < -0.3 is 4.74 Å². The molecular weight excluding hydrogens is 208 g/mol. The first-order valence-electron chi connectivity index (χ1n) is 5.13. The van der Waals surface area contributed by atoms with Crippen molar-refractivity contribution in [3.8, 4) is 5.75 Å². The van der Waals surface area contributed by atoms with Gasteiger partial charge in [0.25, 0.3) is 0 Å². The molecule has 80 valence electrons. The lowest BCUT2D eigenvalue weighted by molar-refractivity contribution is -0.116. The van der Waals surface area contributed by atoms with Crippen molar-refractivity contribution in [3.05, 3.63) is 24.3 Å². The number of hydrogen-bond acceptors (Lipinski definition) is 3. The van der Waals surface area contributed by atoms with Crippen molar-refractivity contribution in [2.24, 2.45) is 0 Å². The molecule has 1 saturated carbocycles. The Kier molecular flexibility index (Phi) is 3.31. The number of Topliss-reactive ketones (excluding diaryl/α,β-unsaturated/α-hetero) is 1. The second-order valence-electron chi connectivity index (χ2n) is 3.64. The minimum Gasteiger partial charge on any atom is -0.497 e. The molecule has 3 heteroatoms. The Balaban J connectivity index is 2.06. The van der Waals surface area contributed by atoms with Gasteiger partial charge in [-0.15, -0.1) is 11.8 Å². The van der Waals surface area contributed by atoms with E-state index in [1.807, 2.05) is 24.3 Å². The number of carbonyl (C=O) groups excluding carboxylic acids is 1. The third kappa shape index (κ3) is 2.53. The van der Waals surface area contributed by atoms with Crippen LogP contribution in [0.1, 0.15) is 19.3 Å². The van der Waals surface area contributed by atoms with E-state index in [2.05, 4.69) is 0 Å². The Morgan fingerprint density at radius 2 is 2.33 bits per heavy atom. The molecule has 0 spiro atoms. The highest BCUT2D eigenvalue weighted by atomic mass is 32.2. The van der Waals surface area contributed by atoms with E-state index in [9.17, 15) is 4.79 Å². The number of ketones is 1. The molecule has 0 aliphatic heterocycles. The van der Waals surface area contributed by atoms with E-state index in [0.717, 1.165) is 29.9 Å². The Morgan fingerprint density at radius 1 is 1.47 bits per heavy atom. The molecule has 1 aliphatic rings. The first-order chi connectivity index (χ1) is 7.29. The molecule has 1 unspecified atom stereocenters. The van der Waals surface area contributed by atoms with Gasteiger partial charge >= 0.3 is 0 Å². The molecule has 1 aromatic rings. The molecule has 0 heterocycles. The summed E-state index contributed by atoms with van der Waals surface area (Å²) in [5.74, 6) is 1.24. The van der Waals surface area contributed by atoms with E-state index in [1.165, 1.54) is 0 Å². The second-order valence-corrected chi connectivity index (χ2v) is 4.92. The molecule has 1 aliphatic carbocycles. The molecule has 1 aromatic carbocycles. The van der Waals surface area contributed by atoms with Crippen LogP contribution in [0.2, 0.25) is 0 Å². The number of hydrogen-bond donors (Lipinski definition) is 0. The van der Waals surface area contributed by atoms with Crippen molar-refractivity contribution >= 4 is 17.5 Å². The number of carbonyl (C=O) groups is 1. The van der Waals surface area contributed by atoms with Crippen molar-refractivity contribution in [2.75, 3.05) is 7.11 Å². The lowest BCUT2D eigenvalue weighted by atomic mass is 10.3. The van der Waals surface area contributed by atoms with Gasteiger partial charge in [0.1, 0.15) is 11.5 Å². The van der Waals surface area contributed by atoms with Gasteiger partial charge in [-0.05, 0) is 31.0 Å². The summed E-state index contributed by atoms with van der Waals surface area (Å²) < 4.78 is 5.15. The standard InChI is InChI=1S/C12H14O2S/c1-14-9-4-2-5-10(8-9)15-12-7-3-6-11(12)13/h2,4-5,8,12H,3,6-7H2,1H3. The van der Waals surface area contributed by atoms with Crippen LogP contribution in [0.4, 0.5) is 0 Å². The summed E-state index contributed by atoms with van der Waals surface area (Å²) in [6.45, 7) is 0. The fourth-order valence-electron chi connectivity index (χ4n) is 1.75. The van der Waals surface area contributed by atoms with Gasteiger partial charge in [0.2, 0.25) is 0 Å². The molecule has 1 fully saturated rings. The average molecular weight is 222 g/mol. The normalized spacial score (nSPS) is 20.6. The zero-order valence-corrected chi connectivity index (χ0v) is 9.55. The largest absolute Gasteiger partial charge is 0.497 e. The van der Waals surface area contributed by atoms with Gasteiger partial charge in [-0.2, -0.15) is 0 Å². The monoisotopic (exact) mass is 222 g/mol. The topological polar surface area (TPSA) is 26.3 Å². The lowest BCUT2D eigenvalue weighted by Crippen LogP contribution is -2.07. The van der Waals surface area contributed by atoms with Crippen LogP contribution in [0.3, 0.4) is 0 Å². The summed E-state index contributed by atoms with van der Waals surface area (Å²) in [6.07, 6.45) is 2.81. The van der Waals surface area contributed by atoms with Crippen molar-refractivity contribution in [1.29, 1.82) is 0 Å². The smallest absolute Gasteiger partial charge is 0.146 e. The van der Waals surface area contributed by atoms with Gasteiger partial charge in [0.15, 0.2) is 0 Å². The van der Waals surface area contributed by atoms with Crippen LogP contribution in [-0.2, 0) is 4.79 Å². The van der Waals surface area contributed by atoms with Crippen molar-refractivity contribution < 1.29 is 9.53 Å². The second kappa shape index (κ2) is 4.71. The Bertz CT molecular complexity index is 362. The highest BCUT2D eigenvalue weighted by Crippen LogP contribution is 2.33. The maximum atomic E-state index is 11.5. The summed E-state index contributed by atoms with van der Waals surface area (Å²) >= 11 is 1.66. The minimum atomic E-state index is 0.164. The predicted octanol–water partition coefficient (Wildman–Crippen LogP) is 2.91. The van der Waals surface area contributed by atoms with Crippen LogP contribution in [0, 0.1) is 0 Å². The van der Waals surface area contributed by atoms with E-state index in [4.69, 9.17) is 4.74 Å². The minimum absolute atomic E-state index is 0.164. The van der Waals surface area contributed by atoms with Crippen LogP contribution >= 0.6 is 11.8 Å². The summed E-state index contributed by atoms with van der Waals surface area (Å²) in [6, 6.07) is 7.89. The molecule has 15 heavy (non-hydrogen) atoms. The van der Waals surface area contributed by atoms with Crippen LogP contribution in [0.15, 0.2) is 29.2 Å². The third-order valence-corrected chi connectivity index (χ3v) is 3.88. The van der Waals surface area contributed by atoms with Gasteiger partial charge in [0.05, 0.1) is 12.4 Å². The quantitative estimate of drug-likeness (QED) is 0.786. The SMILES string of the molecule is COc1cccc(SC2CCCC2=O)c1. The van der Waals surface area contributed by atoms with Crippen molar-refractivity contribution in [2.45, 2.75) is 29.4 Å². The molecule has 1 atom stereocenters. The molecule has 0 N–H and O–H groups in total. The number of ether oxygens (including phenoxy) is 1. The van der Waals surface area contributed by atoms with Gasteiger partial charge in [-0.25, -0.2) is 0 Å². The van der Waals surface area contributed by atoms with Crippen molar-refractivity contribution in [3.63, 3.8) is 0 Å². The van der Waals surface area contributed by atoms with Crippen molar-refractivity contribution in [1.82, 2.24) is 0 Å². The fraction of sp³-hybridized carbons (Fsp3) is 0.417. The van der Waals surface area contributed by atoms with Crippen LogP contribution < -0.4 is 4.74 Å². The van der Waals surface area contributed by atoms with Crippen LogP contribution in [0.25, 0.3) is 0 Å². The lowest BCUT2D eigenvalue weighted by Gasteiger charge is -2.08. The first kappa shape index (κ1) is 10.6. The Hall–Kier alpha value is -0.960. The fourth-order valence-corrected chi connectivity index (χ4v) is 2.95. The van der Waals surface area contributed by atoms with Crippen LogP contribution in [-0.4, -0.2) is 18.1 Å². The summed E-state index contributed by atoms with van der Waals surface area (Å²) in [4.78, 5) is 12.6. The van der Waals surface area contributed by atoms with E-state index in [0.29, 0.717) is 5.78 Å². The Morgan fingerprint density at radius 3 is 3.00 bits per heavy atom. The summed E-state index contributed by atoms with van der Waals surface area (Å²) in [5.41, 5.74) is 0. The van der Waals surface area contributed by atoms with Gasteiger partial charge in [-0.1, -0.05) is 6.07 Å². The van der Waals surface area contributed by atoms with Crippen LogP contribution in [0.5, 0.6) is 5.75 Å². The predicted molar refractivity (Wildman–Crippen MR) is 61.5 cm³/mol. The number of benzene rings is 1. The molecule has 0 saturated heterocycles. The van der Waals surface area contributed by atoms with E-state index >= 15 is 0 Å². The molecule has 0 bridgehead atoms. The maximum Gasteiger partial charge on any atom is 0.146 e. The van der Waals surface area contributed by atoms with E-state index in [-0.39, 0.29) is 5.25 Å². The van der Waals surface area contributed by atoms with E-state index in [1.54, 1.807) is 18.9 Å². The zero-order valence-electron chi connectivity index (χ0n) is 8.73. The third-order valence-electron chi connectivity index (χ3n) is 2.57. The molecule has 0 radical (unpaired) electrons. The molecular formula is C12H14O2S. The molecule has 2 rings (SSSR count).